The molecule has 17 heavy (non-hydrogen) atoms. The van der Waals surface area contributed by atoms with E-state index >= 15 is 0 Å². The molecule has 0 spiro atoms. The fraction of sp³-hybridized carbons (Fsp3) is 0.417. The van der Waals surface area contributed by atoms with Gasteiger partial charge in [-0.15, -0.1) is 22.7 Å². The molecule has 0 saturated heterocycles. The Kier molecular flexibility index (Phi) is 3.73. The van der Waals surface area contributed by atoms with E-state index in [-0.39, 0.29) is 5.41 Å². The largest absolute Gasteiger partial charge is 0.326 e. The van der Waals surface area contributed by atoms with Crippen molar-refractivity contribution in [2.75, 3.05) is 0 Å². The lowest BCUT2D eigenvalue weighted by molar-refractivity contribution is 0.567. The quantitative estimate of drug-likeness (QED) is 0.886. The summed E-state index contributed by atoms with van der Waals surface area (Å²) in [6, 6.07) is 2.11. The molecular weight excluding hydrogens is 316 g/mol. The molecule has 0 aliphatic heterocycles. The summed E-state index contributed by atoms with van der Waals surface area (Å²) in [5.41, 5.74) is 6.99. The number of aromatic nitrogens is 1. The van der Waals surface area contributed by atoms with E-state index in [0.717, 1.165) is 15.2 Å². The minimum atomic E-state index is 0.0535. The predicted octanol–water partition coefficient (Wildman–Crippen LogP) is 4.39. The Morgan fingerprint density at radius 2 is 2.12 bits per heavy atom. The zero-order valence-corrected chi connectivity index (χ0v) is 13.3. The van der Waals surface area contributed by atoms with Crippen molar-refractivity contribution in [1.82, 2.24) is 4.98 Å². The van der Waals surface area contributed by atoms with Gasteiger partial charge in [0.2, 0.25) is 0 Å². The topological polar surface area (TPSA) is 38.9 Å². The molecule has 0 aliphatic rings. The van der Waals surface area contributed by atoms with Gasteiger partial charge in [0.25, 0.3) is 0 Å². The first-order valence-corrected chi connectivity index (χ1v) is 7.85. The first-order valence-electron chi connectivity index (χ1n) is 5.36. The number of thiophene rings is 1. The number of hydrogen-bond acceptors (Lipinski definition) is 4. The number of halogens is 1. The molecule has 0 bridgehead atoms. The molecule has 0 fully saturated rings. The molecule has 2 heterocycles. The second-order valence-corrected chi connectivity index (χ2v) is 7.78. The van der Waals surface area contributed by atoms with Crippen LogP contribution in [0.15, 0.2) is 15.9 Å². The van der Waals surface area contributed by atoms with Crippen molar-refractivity contribution < 1.29 is 0 Å². The lowest BCUT2D eigenvalue weighted by atomic mass is 9.91. The Hall–Kier alpha value is -0.230. The third-order valence-corrected chi connectivity index (χ3v) is 5.31. The van der Waals surface area contributed by atoms with Gasteiger partial charge < -0.3 is 5.73 Å². The SMILES string of the molecule is CC(C)(C)c1nc(-c2cc(Br)cs2)sc1CN. The fourth-order valence-corrected chi connectivity index (χ4v) is 4.25. The molecule has 0 atom stereocenters. The van der Waals surface area contributed by atoms with E-state index < -0.39 is 0 Å². The van der Waals surface area contributed by atoms with Crippen LogP contribution in [0.3, 0.4) is 0 Å². The lowest BCUT2D eigenvalue weighted by Gasteiger charge is -2.16. The Balaban J connectivity index is 2.48. The Labute approximate surface area is 118 Å². The number of nitrogens with zero attached hydrogens (tertiary/aromatic N) is 1. The van der Waals surface area contributed by atoms with Gasteiger partial charge >= 0.3 is 0 Å². The van der Waals surface area contributed by atoms with Crippen LogP contribution in [0.5, 0.6) is 0 Å². The highest BCUT2D eigenvalue weighted by atomic mass is 79.9. The van der Waals surface area contributed by atoms with Crippen molar-refractivity contribution >= 4 is 38.6 Å². The summed E-state index contributed by atoms with van der Waals surface area (Å²) in [6.07, 6.45) is 0. The second-order valence-electron chi connectivity index (χ2n) is 4.87. The Morgan fingerprint density at radius 3 is 2.53 bits per heavy atom. The van der Waals surface area contributed by atoms with Crippen molar-refractivity contribution in [2.24, 2.45) is 5.73 Å². The molecule has 2 rings (SSSR count). The van der Waals surface area contributed by atoms with E-state index in [9.17, 15) is 0 Å². The average Bonchev–Trinajstić information content (AvgIpc) is 2.81. The van der Waals surface area contributed by atoms with Gasteiger partial charge in [-0.25, -0.2) is 4.98 Å². The Morgan fingerprint density at radius 1 is 1.41 bits per heavy atom. The molecule has 0 aromatic carbocycles. The van der Waals surface area contributed by atoms with Crippen LogP contribution in [0.1, 0.15) is 31.3 Å². The van der Waals surface area contributed by atoms with Crippen LogP contribution in [0.4, 0.5) is 0 Å². The summed E-state index contributed by atoms with van der Waals surface area (Å²) in [7, 11) is 0. The third kappa shape index (κ3) is 2.78. The normalized spacial score (nSPS) is 12.1. The van der Waals surface area contributed by atoms with E-state index in [1.54, 1.807) is 22.7 Å². The van der Waals surface area contributed by atoms with Crippen LogP contribution < -0.4 is 5.73 Å². The molecule has 5 heteroatoms. The van der Waals surface area contributed by atoms with Gasteiger partial charge in [-0.05, 0) is 22.0 Å². The lowest BCUT2D eigenvalue weighted by Crippen LogP contribution is -2.15. The standard InChI is InChI=1S/C12H15BrN2S2/c1-12(2,3)10-9(5-14)17-11(15-10)8-4-7(13)6-16-8/h4,6H,5,14H2,1-3H3. The molecular formula is C12H15BrN2S2. The maximum Gasteiger partial charge on any atom is 0.134 e. The molecule has 0 unspecified atom stereocenters. The summed E-state index contributed by atoms with van der Waals surface area (Å²) < 4.78 is 1.11. The van der Waals surface area contributed by atoms with Gasteiger partial charge in [-0.3, -0.25) is 0 Å². The minimum absolute atomic E-state index is 0.0535. The summed E-state index contributed by atoms with van der Waals surface area (Å²) in [5, 5.41) is 3.15. The van der Waals surface area contributed by atoms with Crippen LogP contribution in [0, 0.1) is 0 Å². The Bertz CT molecular complexity index is 523. The maximum absolute atomic E-state index is 5.81. The highest BCUT2D eigenvalue weighted by Crippen LogP contribution is 2.37. The molecule has 0 saturated carbocycles. The second kappa shape index (κ2) is 4.80. The molecule has 2 aromatic rings. The fourth-order valence-electron chi connectivity index (χ4n) is 1.61. The highest BCUT2D eigenvalue weighted by molar-refractivity contribution is 9.10. The molecule has 0 amide bonds. The number of rotatable bonds is 2. The summed E-state index contributed by atoms with van der Waals surface area (Å²) >= 11 is 6.89. The average molecular weight is 331 g/mol. The van der Waals surface area contributed by atoms with Crippen LogP contribution in [0.2, 0.25) is 0 Å². The van der Waals surface area contributed by atoms with Crippen molar-refractivity contribution in [3.8, 4) is 9.88 Å². The zero-order chi connectivity index (χ0) is 12.6. The number of nitrogens with two attached hydrogens (primary N) is 1. The summed E-state index contributed by atoms with van der Waals surface area (Å²) in [5.74, 6) is 0. The first kappa shape index (κ1) is 13.2. The van der Waals surface area contributed by atoms with Gasteiger partial charge in [0.1, 0.15) is 5.01 Å². The van der Waals surface area contributed by atoms with Crippen LogP contribution in [-0.2, 0) is 12.0 Å². The molecule has 2 nitrogen and oxygen atoms in total. The molecule has 0 radical (unpaired) electrons. The van der Waals surface area contributed by atoms with Gasteiger partial charge in [0, 0.05) is 26.7 Å². The van der Waals surface area contributed by atoms with E-state index in [1.165, 1.54) is 9.75 Å². The van der Waals surface area contributed by atoms with E-state index in [0.29, 0.717) is 6.54 Å². The van der Waals surface area contributed by atoms with Crippen LogP contribution in [0.25, 0.3) is 9.88 Å². The smallest absolute Gasteiger partial charge is 0.134 e. The van der Waals surface area contributed by atoms with Crippen LogP contribution >= 0.6 is 38.6 Å². The molecule has 0 aliphatic carbocycles. The van der Waals surface area contributed by atoms with Crippen LogP contribution in [-0.4, -0.2) is 4.98 Å². The van der Waals surface area contributed by atoms with Crippen molar-refractivity contribution in [3.63, 3.8) is 0 Å². The van der Waals surface area contributed by atoms with E-state index in [1.807, 2.05) is 0 Å². The monoisotopic (exact) mass is 330 g/mol. The van der Waals surface area contributed by atoms with Crippen molar-refractivity contribution in [3.05, 3.63) is 26.5 Å². The van der Waals surface area contributed by atoms with Gasteiger partial charge in [0.05, 0.1) is 10.6 Å². The van der Waals surface area contributed by atoms with Crippen molar-refractivity contribution in [2.45, 2.75) is 32.7 Å². The van der Waals surface area contributed by atoms with Crippen molar-refractivity contribution in [1.29, 1.82) is 0 Å². The zero-order valence-electron chi connectivity index (χ0n) is 10.1. The van der Waals surface area contributed by atoms with Gasteiger partial charge in [-0.2, -0.15) is 0 Å². The number of thiazole rings is 1. The van der Waals surface area contributed by atoms with Gasteiger partial charge in [0.15, 0.2) is 0 Å². The predicted molar refractivity (Wildman–Crippen MR) is 79.7 cm³/mol. The molecule has 2 aromatic heterocycles. The summed E-state index contributed by atoms with van der Waals surface area (Å²) in [6.45, 7) is 7.09. The van der Waals surface area contributed by atoms with Gasteiger partial charge in [-0.1, -0.05) is 20.8 Å². The maximum atomic E-state index is 5.81. The molecule has 2 N–H and O–H groups in total. The molecule has 92 valence electrons. The highest BCUT2D eigenvalue weighted by Gasteiger charge is 2.23. The summed E-state index contributed by atoms with van der Waals surface area (Å²) in [4.78, 5) is 7.16. The first-order chi connectivity index (χ1) is 7.91. The number of hydrogen-bond donors (Lipinski definition) is 1. The third-order valence-electron chi connectivity index (χ3n) is 2.37. The van der Waals surface area contributed by atoms with E-state index in [4.69, 9.17) is 10.7 Å². The van der Waals surface area contributed by atoms with E-state index in [2.05, 4.69) is 48.1 Å². The minimum Gasteiger partial charge on any atom is -0.326 e.